The van der Waals surface area contributed by atoms with Crippen molar-refractivity contribution >= 4 is 5.91 Å². The van der Waals surface area contributed by atoms with Crippen molar-refractivity contribution in [3.63, 3.8) is 0 Å². The van der Waals surface area contributed by atoms with Crippen LogP contribution in [0.1, 0.15) is 33.9 Å². The quantitative estimate of drug-likeness (QED) is 0.601. The van der Waals surface area contributed by atoms with Gasteiger partial charge in [0, 0.05) is 17.5 Å². The van der Waals surface area contributed by atoms with Crippen LogP contribution in [-0.2, 0) is 6.61 Å². The minimum atomic E-state index is -2.91. The van der Waals surface area contributed by atoms with Gasteiger partial charge in [0.15, 0.2) is 0 Å². The summed E-state index contributed by atoms with van der Waals surface area (Å²) in [5, 5.41) is 12.2. The molecule has 1 aliphatic heterocycles. The van der Waals surface area contributed by atoms with Gasteiger partial charge in [-0.15, -0.1) is 0 Å². The number of nitrogens with one attached hydrogen (secondary N) is 1. The van der Waals surface area contributed by atoms with Crippen LogP contribution in [0.25, 0.3) is 11.1 Å². The molecule has 0 saturated carbocycles. The van der Waals surface area contributed by atoms with Crippen molar-refractivity contribution in [3.8, 4) is 22.6 Å². The Kier molecular flexibility index (Phi) is 6.13. The summed E-state index contributed by atoms with van der Waals surface area (Å²) >= 11 is 0. The molecule has 7 heteroatoms. The molecular formula is C24H21F2NO4. The lowest BCUT2D eigenvalue weighted by atomic mass is 9.95. The Hall–Kier alpha value is -3.45. The molecule has 1 amide bonds. The molecule has 0 bridgehead atoms. The summed E-state index contributed by atoms with van der Waals surface area (Å²) < 4.78 is 34.7. The number of rotatable bonds is 6. The Labute approximate surface area is 178 Å². The second kappa shape index (κ2) is 9.14. The van der Waals surface area contributed by atoms with E-state index in [9.17, 15) is 18.7 Å². The van der Waals surface area contributed by atoms with Gasteiger partial charge in [-0.2, -0.15) is 8.78 Å². The molecule has 160 valence electrons. The van der Waals surface area contributed by atoms with E-state index in [1.807, 2.05) is 42.5 Å². The lowest BCUT2D eigenvalue weighted by Crippen LogP contribution is -2.32. The first kappa shape index (κ1) is 20.8. The molecule has 1 atom stereocenters. The topological polar surface area (TPSA) is 67.8 Å². The largest absolute Gasteiger partial charge is 0.493 e. The van der Waals surface area contributed by atoms with Crippen LogP contribution in [0.5, 0.6) is 11.5 Å². The summed E-state index contributed by atoms with van der Waals surface area (Å²) in [6.45, 7) is -2.45. The molecule has 1 aliphatic rings. The van der Waals surface area contributed by atoms with Crippen LogP contribution in [0.3, 0.4) is 0 Å². The van der Waals surface area contributed by atoms with Gasteiger partial charge >= 0.3 is 6.61 Å². The summed E-state index contributed by atoms with van der Waals surface area (Å²) in [7, 11) is 0. The molecule has 1 heterocycles. The predicted molar refractivity (Wildman–Crippen MR) is 111 cm³/mol. The van der Waals surface area contributed by atoms with Crippen molar-refractivity contribution < 1.29 is 28.2 Å². The Balaban J connectivity index is 1.53. The van der Waals surface area contributed by atoms with E-state index in [0.29, 0.717) is 24.3 Å². The van der Waals surface area contributed by atoms with Crippen LogP contribution in [-0.4, -0.2) is 24.2 Å². The van der Waals surface area contributed by atoms with Crippen LogP contribution < -0.4 is 14.8 Å². The van der Waals surface area contributed by atoms with E-state index in [2.05, 4.69) is 10.1 Å². The van der Waals surface area contributed by atoms with Gasteiger partial charge in [-0.25, -0.2) is 0 Å². The van der Waals surface area contributed by atoms with Gasteiger partial charge < -0.3 is 19.9 Å². The van der Waals surface area contributed by atoms with E-state index in [4.69, 9.17) is 4.74 Å². The highest BCUT2D eigenvalue weighted by atomic mass is 19.3. The summed E-state index contributed by atoms with van der Waals surface area (Å²) in [6.07, 6.45) is 0.609. The molecule has 4 rings (SSSR count). The van der Waals surface area contributed by atoms with Crippen LogP contribution in [0.15, 0.2) is 66.7 Å². The number of hydrogen-bond acceptors (Lipinski definition) is 4. The molecular weight excluding hydrogens is 404 g/mol. The third-order valence-electron chi connectivity index (χ3n) is 5.17. The fourth-order valence-electron chi connectivity index (χ4n) is 3.56. The first-order chi connectivity index (χ1) is 15.0. The number of amides is 1. The van der Waals surface area contributed by atoms with Crippen molar-refractivity contribution in [1.29, 1.82) is 0 Å². The third kappa shape index (κ3) is 4.83. The van der Waals surface area contributed by atoms with Crippen molar-refractivity contribution in [3.05, 3.63) is 83.4 Å². The molecule has 0 aromatic heterocycles. The monoisotopic (exact) mass is 425 g/mol. The van der Waals surface area contributed by atoms with Crippen LogP contribution >= 0.6 is 0 Å². The number of benzene rings is 3. The number of hydrogen-bond donors (Lipinski definition) is 2. The molecule has 0 spiro atoms. The average molecular weight is 425 g/mol. The first-order valence-corrected chi connectivity index (χ1v) is 9.86. The molecule has 0 fully saturated rings. The van der Waals surface area contributed by atoms with Gasteiger partial charge in [0.25, 0.3) is 5.91 Å². The van der Waals surface area contributed by atoms with Crippen molar-refractivity contribution in [2.75, 3.05) is 6.61 Å². The fourth-order valence-corrected chi connectivity index (χ4v) is 3.56. The number of aliphatic hydroxyl groups is 1. The Morgan fingerprint density at radius 3 is 2.45 bits per heavy atom. The van der Waals surface area contributed by atoms with E-state index in [0.717, 1.165) is 22.3 Å². The zero-order chi connectivity index (χ0) is 21.8. The highest BCUT2D eigenvalue weighted by molar-refractivity contribution is 5.94. The highest BCUT2D eigenvalue weighted by Gasteiger charge is 2.24. The second-order valence-electron chi connectivity index (χ2n) is 7.17. The number of carbonyl (C=O) groups excluding carboxylic acids is 1. The van der Waals surface area contributed by atoms with Gasteiger partial charge in [0.1, 0.15) is 11.5 Å². The maximum atomic E-state index is 12.7. The number of ether oxygens (including phenoxy) is 2. The van der Waals surface area contributed by atoms with Crippen molar-refractivity contribution in [2.45, 2.75) is 25.7 Å². The van der Waals surface area contributed by atoms with Crippen molar-refractivity contribution in [2.24, 2.45) is 0 Å². The van der Waals surface area contributed by atoms with E-state index >= 15 is 0 Å². The normalized spacial score (nSPS) is 15.2. The lowest BCUT2D eigenvalue weighted by Gasteiger charge is -2.27. The van der Waals surface area contributed by atoms with Crippen LogP contribution in [0.2, 0.25) is 0 Å². The fraction of sp³-hybridized carbons (Fsp3) is 0.208. The number of halogens is 2. The second-order valence-corrected chi connectivity index (χ2v) is 7.17. The zero-order valence-electron chi connectivity index (χ0n) is 16.6. The molecule has 5 nitrogen and oxygen atoms in total. The van der Waals surface area contributed by atoms with E-state index < -0.39 is 6.61 Å². The summed E-state index contributed by atoms with van der Waals surface area (Å²) in [6, 6.07) is 18.8. The first-order valence-electron chi connectivity index (χ1n) is 9.86. The van der Waals surface area contributed by atoms with E-state index in [-0.39, 0.29) is 24.3 Å². The maximum Gasteiger partial charge on any atom is 0.387 e. The summed E-state index contributed by atoms with van der Waals surface area (Å²) in [5.41, 5.74) is 4.03. The van der Waals surface area contributed by atoms with Crippen molar-refractivity contribution in [1.82, 2.24) is 5.32 Å². The average Bonchev–Trinajstić information content (AvgIpc) is 2.79. The molecule has 3 aromatic carbocycles. The van der Waals surface area contributed by atoms with Gasteiger partial charge in [-0.3, -0.25) is 4.79 Å². The minimum Gasteiger partial charge on any atom is -0.493 e. The Morgan fingerprint density at radius 2 is 1.77 bits per heavy atom. The minimum absolute atomic E-state index is 0.000166. The smallest absolute Gasteiger partial charge is 0.387 e. The Morgan fingerprint density at radius 1 is 1.06 bits per heavy atom. The van der Waals surface area contributed by atoms with Crippen LogP contribution in [0.4, 0.5) is 8.78 Å². The van der Waals surface area contributed by atoms with E-state index in [1.54, 1.807) is 0 Å². The number of carbonyl (C=O) groups is 1. The predicted octanol–water partition coefficient (Wildman–Crippen LogP) is 4.70. The number of fused-ring (bicyclic) bond motifs is 1. The van der Waals surface area contributed by atoms with Gasteiger partial charge in [-0.1, -0.05) is 30.3 Å². The highest BCUT2D eigenvalue weighted by Crippen LogP contribution is 2.35. The third-order valence-corrected chi connectivity index (χ3v) is 5.17. The molecule has 31 heavy (non-hydrogen) atoms. The molecule has 1 unspecified atom stereocenters. The Bertz CT molecular complexity index is 1050. The number of aliphatic hydroxyl groups excluding tert-OH is 1. The molecule has 0 aliphatic carbocycles. The van der Waals surface area contributed by atoms with Gasteiger partial charge in [0.2, 0.25) is 0 Å². The maximum absolute atomic E-state index is 12.7. The molecule has 0 saturated heterocycles. The summed E-state index contributed by atoms with van der Waals surface area (Å²) in [5.74, 6) is 0.409. The molecule has 2 N–H and O–H groups in total. The number of alkyl halides is 2. The lowest BCUT2D eigenvalue weighted by molar-refractivity contribution is -0.0498. The van der Waals surface area contributed by atoms with Crippen LogP contribution in [0, 0.1) is 0 Å². The molecule has 3 aromatic rings. The van der Waals surface area contributed by atoms with Gasteiger partial charge in [-0.05, 0) is 53.1 Å². The summed E-state index contributed by atoms with van der Waals surface area (Å²) in [4.78, 5) is 12.7. The van der Waals surface area contributed by atoms with E-state index in [1.165, 1.54) is 24.3 Å². The molecule has 0 radical (unpaired) electrons. The zero-order valence-corrected chi connectivity index (χ0v) is 16.6. The SMILES string of the molecule is O=C(NC1CCOc2ccc(-c3ccc(CO)cc3)cc21)c1ccc(OC(F)F)cc1. The standard InChI is InChI=1S/C24H21F2NO4/c25-24(26)31-19-8-5-17(6-9-19)23(29)27-21-11-12-30-22-10-7-18(13-20(21)22)16-3-1-15(14-28)2-4-16/h1-10,13,21,24,28H,11-12,14H2,(H,27,29). The van der Waals surface area contributed by atoms with Gasteiger partial charge in [0.05, 0.1) is 19.3 Å².